The van der Waals surface area contributed by atoms with Crippen molar-refractivity contribution < 1.29 is 14.3 Å². The second kappa shape index (κ2) is 7.42. The van der Waals surface area contributed by atoms with E-state index in [0.717, 1.165) is 32.3 Å². The Balaban J connectivity index is 2.37. The van der Waals surface area contributed by atoms with Crippen molar-refractivity contribution in [3.8, 4) is 0 Å². The summed E-state index contributed by atoms with van der Waals surface area (Å²) < 4.78 is 5.39. The van der Waals surface area contributed by atoms with Gasteiger partial charge < -0.3 is 20.2 Å². The molecule has 1 saturated heterocycles. The van der Waals surface area contributed by atoms with Crippen molar-refractivity contribution in [1.29, 1.82) is 0 Å². The van der Waals surface area contributed by atoms with Gasteiger partial charge in [0.2, 0.25) is 0 Å². The predicted molar refractivity (Wildman–Crippen MR) is 86.7 cm³/mol. The molecule has 1 fully saturated rings. The van der Waals surface area contributed by atoms with Crippen molar-refractivity contribution in [1.82, 2.24) is 9.80 Å². The van der Waals surface area contributed by atoms with Gasteiger partial charge in [-0.05, 0) is 39.2 Å². The summed E-state index contributed by atoms with van der Waals surface area (Å²) >= 11 is 0. The Morgan fingerprint density at radius 3 is 2.18 bits per heavy atom. The Hall–Kier alpha value is -1.14. The van der Waals surface area contributed by atoms with Crippen LogP contribution in [0.5, 0.6) is 0 Å². The molecule has 0 bridgehead atoms. The zero-order valence-corrected chi connectivity index (χ0v) is 14.6. The first-order valence-corrected chi connectivity index (χ1v) is 7.96. The Kier molecular flexibility index (Phi) is 6.38. The van der Waals surface area contributed by atoms with Crippen molar-refractivity contribution in [2.24, 2.45) is 11.1 Å². The van der Waals surface area contributed by atoms with E-state index in [9.17, 15) is 9.59 Å². The van der Waals surface area contributed by atoms with Gasteiger partial charge in [-0.25, -0.2) is 4.79 Å². The standard InChI is InChI=1S/C16H31N3O3/c1-15(2,3)22-14(21)19-10-8-18(9-11-19)7-6-16(4,5)13(17)12-20/h12-13H,6-11,17H2,1-5H3. The first kappa shape index (κ1) is 18.9. The summed E-state index contributed by atoms with van der Waals surface area (Å²) in [5, 5.41) is 0. The van der Waals surface area contributed by atoms with E-state index in [1.165, 1.54) is 0 Å². The second-order valence-electron chi connectivity index (χ2n) is 7.71. The number of nitrogens with zero attached hydrogens (tertiary/aromatic N) is 2. The van der Waals surface area contributed by atoms with Gasteiger partial charge in [-0.1, -0.05) is 13.8 Å². The molecule has 6 heteroatoms. The number of carbonyl (C=O) groups is 2. The number of hydrogen-bond acceptors (Lipinski definition) is 5. The van der Waals surface area contributed by atoms with Crippen molar-refractivity contribution in [2.75, 3.05) is 32.7 Å². The molecule has 0 aromatic rings. The third kappa shape index (κ3) is 5.93. The number of ether oxygens (including phenoxy) is 1. The van der Waals surface area contributed by atoms with Crippen LogP contribution in [0.4, 0.5) is 4.79 Å². The average Bonchev–Trinajstić information content (AvgIpc) is 2.43. The van der Waals surface area contributed by atoms with Crippen LogP contribution >= 0.6 is 0 Å². The van der Waals surface area contributed by atoms with Gasteiger partial charge in [0.25, 0.3) is 0 Å². The third-order valence-electron chi connectivity index (χ3n) is 4.15. The minimum Gasteiger partial charge on any atom is -0.444 e. The van der Waals surface area contributed by atoms with Gasteiger partial charge in [0.05, 0.1) is 6.04 Å². The maximum absolute atomic E-state index is 12.0. The Morgan fingerprint density at radius 1 is 1.18 bits per heavy atom. The molecule has 1 atom stereocenters. The Labute approximate surface area is 134 Å². The highest BCUT2D eigenvalue weighted by Gasteiger charge is 2.29. The highest BCUT2D eigenvalue weighted by atomic mass is 16.6. The van der Waals surface area contributed by atoms with E-state index in [-0.39, 0.29) is 11.5 Å². The molecule has 22 heavy (non-hydrogen) atoms. The lowest BCUT2D eigenvalue weighted by molar-refractivity contribution is -0.111. The number of amides is 1. The molecule has 0 aromatic carbocycles. The molecular formula is C16H31N3O3. The van der Waals surface area contributed by atoms with Crippen molar-refractivity contribution >= 4 is 12.4 Å². The zero-order valence-electron chi connectivity index (χ0n) is 14.6. The summed E-state index contributed by atoms with van der Waals surface area (Å²) in [5.41, 5.74) is 5.17. The van der Waals surface area contributed by atoms with Gasteiger partial charge in [0, 0.05) is 26.2 Å². The lowest BCUT2D eigenvalue weighted by Crippen LogP contribution is -2.51. The highest BCUT2D eigenvalue weighted by molar-refractivity contribution is 5.68. The van der Waals surface area contributed by atoms with Crippen LogP contribution in [0.15, 0.2) is 0 Å². The minimum atomic E-state index is -0.455. The molecular weight excluding hydrogens is 282 g/mol. The van der Waals surface area contributed by atoms with E-state index in [2.05, 4.69) is 4.90 Å². The number of carbonyl (C=O) groups excluding carboxylic acids is 2. The van der Waals surface area contributed by atoms with Crippen molar-refractivity contribution in [3.63, 3.8) is 0 Å². The smallest absolute Gasteiger partial charge is 0.410 e. The van der Waals surface area contributed by atoms with Crippen LogP contribution in [0.3, 0.4) is 0 Å². The van der Waals surface area contributed by atoms with Gasteiger partial charge in [-0.2, -0.15) is 0 Å². The van der Waals surface area contributed by atoms with E-state index >= 15 is 0 Å². The molecule has 1 aliphatic heterocycles. The molecule has 0 aliphatic carbocycles. The number of rotatable bonds is 5. The predicted octanol–water partition coefficient (Wildman–Crippen LogP) is 1.48. The number of hydrogen-bond donors (Lipinski definition) is 1. The molecule has 0 spiro atoms. The SMILES string of the molecule is CC(C)(C)OC(=O)N1CCN(CCC(C)(C)C(N)C=O)CC1. The van der Waals surface area contributed by atoms with Crippen LogP contribution < -0.4 is 5.73 Å². The summed E-state index contributed by atoms with van der Waals surface area (Å²) in [6.07, 6.45) is 1.44. The molecule has 1 heterocycles. The third-order valence-corrected chi connectivity index (χ3v) is 4.15. The van der Waals surface area contributed by atoms with Crippen molar-refractivity contribution in [2.45, 2.75) is 52.7 Å². The quantitative estimate of drug-likeness (QED) is 0.778. The molecule has 1 unspecified atom stereocenters. The maximum Gasteiger partial charge on any atom is 0.410 e. The maximum atomic E-state index is 12.0. The fraction of sp³-hybridized carbons (Fsp3) is 0.875. The summed E-state index contributed by atoms with van der Waals surface area (Å²) in [5.74, 6) is 0. The monoisotopic (exact) mass is 313 g/mol. The normalized spacial score (nSPS) is 18.9. The fourth-order valence-corrected chi connectivity index (χ4v) is 2.28. The lowest BCUT2D eigenvalue weighted by Gasteiger charge is -2.37. The first-order chi connectivity index (χ1) is 10.0. The number of aldehydes is 1. The van der Waals surface area contributed by atoms with Gasteiger partial charge in [0.15, 0.2) is 0 Å². The summed E-state index contributed by atoms with van der Waals surface area (Å²) in [6.45, 7) is 13.5. The largest absolute Gasteiger partial charge is 0.444 e. The molecule has 1 aliphatic rings. The van der Waals surface area contributed by atoms with Gasteiger partial charge in [0.1, 0.15) is 11.9 Å². The molecule has 6 nitrogen and oxygen atoms in total. The highest BCUT2D eigenvalue weighted by Crippen LogP contribution is 2.23. The van der Waals surface area contributed by atoms with Crippen LogP contribution in [-0.4, -0.2) is 66.5 Å². The van der Waals surface area contributed by atoms with E-state index in [1.807, 2.05) is 34.6 Å². The van der Waals surface area contributed by atoms with Crippen LogP contribution in [0.1, 0.15) is 41.0 Å². The minimum absolute atomic E-state index is 0.204. The van der Waals surface area contributed by atoms with E-state index < -0.39 is 11.6 Å². The van der Waals surface area contributed by atoms with E-state index in [1.54, 1.807) is 4.90 Å². The number of piperazine rings is 1. The molecule has 0 saturated carbocycles. The zero-order chi connectivity index (χ0) is 17.0. The summed E-state index contributed by atoms with van der Waals surface area (Å²) in [7, 11) is 0. The van der Waals surface area contributed by atoms with Crippen molar-refractivity contribution in [3.05, 3.63) is 0 Å². The molecule has 0 aromatic heterocycles. The van der Waals surface area contributed by atoms with E-state index in [4.69, 9.17) is 10.5 Å². The molecule has 2 N–H and O–H groups in total. The van der Waals surface area contributed by atoms with E-state index in [0.29, 0.717) is 13.1 Å². The molecule has 128 valence electrons. The topological polar surface area (TPSA) is 75.9 Å². The Bertz CT molecular complexity index is 383. The number of nitrogens with two attached hydrogens (primary N) is 1. The average molecular weight is 313 g/mol. The molecule has 1 amide bonds. The lowest BCUT2D eigenvalue weighted by atomic mass is 9.82. The van der Waals surface area contributed by atoms with Gasteiger partial charge >= 0.3 is 6.09 Å². The summed E-state index contributed by atoms with van der Waals surface area (Å²) in [4.78, 5) is 26.9. The van der Waals surface area contributed by atoms with Gasteiger partial charge in [-0.15, -0.1) is 0 Å². The second-order valence-corrected chi connectivity index (χ2v) is 7.71. The Morgan fingerprint density at radius 2 is 1.73 bits per heavy atom. The van der Waals surface area contributed by atoms with Crippen LogP contribution in [-0.2, 0) is 9.53 Å². The van der Waals surface area contributed by atoms with Crippen LogP contribution in [0.25, 0.3) is 0 Å². The van der Waals surface area contributed by atoms with Gasteiger partial charge in [-0.3, -0.25) is 4.90 Å². The molecule has 1 rings (SSSR count). The summed E-state index contributed by atoms with van der Waals surface area (Å²) in [6, 6.07) is -0.435. The van der Waals surface area contributed by atoms with Crippen LogP contribution in [0, 0.1) is 5.41 Å². The first-order valence-electron chi connectivity index (χ1n) is 7.96. The fourth-order valence-electron chi connectivity index (χ4n) is 2.28. The molecule has 0 radical (unpaired) electrons. The van der Waals surface area contributed by atoms with Crippen LogP contribution in [0.2, 0.25) is 0 Å².